The van der Waals surface area contributed by atoms with Crippen molar-refractivity contribution in [1.29, 1.82) is 0 Å². The molecule has 3 nitrogen and oxygen atoms in total. The standard InChI is InChI=1S/C8H14O3/c1-5-3-4-6(9)7(5)8(10)11-2/h5-7,9H,3-4H2,1-2H3/t5-,6-,7+/m1/s1. The molecule has 64 valence electrons. The van der Waals surface area contributed by atoms with Crippen molar-refractivity contribution in [3.63, 3.8) is 0 Å². The average molecular weight is 158 g/mol. The summed E-state index contributed by atoms with van der Waals surface area (Å²) in [6.07, 6.45) is 1.15. The second kappa shape index (κ2) is 3.22. The van der Waals surface area contributed by atoms with Gasteiger partial charge in [0.2, 0.25) is 0 Å². The maximum atomic E-state index is 11.1. The molecule has 0 saturated heterocycles. The Balaban J connectivity index is 2.60. The summed E-state index contributed by atoms with van der Waals surface area (Å²) in [5.41, 5.74) is 0. The first-order chi connectivity index (χ1) is 5.16. The highest BCUT2D eigenvalue weighted by Crippen LogP contribution is 2.32. The summed E-state index contributed by atoms with van der Waals surface area (Å²) in [5, 5.41) is 9.36. The summed E-state index contributed by atoms with van der Waals surface area (Å²) in [6, 6.07) is 0. The predicted molar refractivity (Wildman–Crippen MR) is 39.9 cm³/mol. The second-order valence-corrected chi connectivity index (χ2v) is 3.17. The Morgan fingerprint density at radius 1 is 1.55 bits per heavy atom. The highest BCUT2D eigenvalue weighted by Gasteiger charge is 2.38. The van der Waals surface area contributed by atoms with Crippen LogP contribution in [0.3, 0.4) is 0 Å². The molecule has 0 aliphatic heterocycles. The van der Waals surface area contributed by atoms with Gasteiger partial charge in [-0.15, -0.1) is 0 Å². The lowest BCUT2D eigenvalue weighted by Crippen LogP contribution is -2.27. The van der Waals surface area contributed by atoms with E-state index in [1.807, 2.05) is 6.92 Å². The molecule has 0 spiro atoms. The van der Waals surface area contributed by atoms with Crippen LogP contribution in [0.15, 0.2) is 0 Å². The summed E-state index contributed by atoms with van der Waals surface area (Å²) < 4.78 is 4.58. The first-order valence-corrected chi connectivity index (χ1v) is 3.92. The zero-order valence-electron chi connectivity index (χ0n) is 6.91. The van der Waals surface area contributed by atoms with Gasteiger partial charge in [-0.2, -0.15) is 0 Å². The van der Waals surface area contributed by atoms with E-state index in [0.717, 1.165) is 12.8 Å². The summed E-state index contributed by atoms with van der Waals surface area (Å²) >= 11 is 0. The molecular weight excluding hydrogens is 144 g/mol. The van der Waals surface area contributed by atoms with Crippen LogP contribution in [0, 0.1) is 11.8 Å². The minimum absolute atomic E-state index is 0.262. The number of carbonyl (C=O) groups excluding carboxylic acids is 1. The number of ether oxygens (including phenoxy) is 1. The maximum Gasteiger partial charge on any atom is 0.311 e. The third-order valence-corrected chi connectivity index (χ3v) is 2.42. The normalized spacial score (nSPS) is 37.2. The molecule has 3 heteroatoms. The Kier molecular flexibility index (Phi) is 2.49. The van der Waals surface area contributed by atoms with Crippen LogP contribution >= 0.6 is 0 Å². The molecule has 0 aromatic heterocycles. The molecule has 0 unspecified atom stereocenters. The van der Waals surface area contributed by atoms with E-state index in [4.69, 9.17) is 0 Å². The largest absolute Gasteiger partial charge is 0.469 e. The van der Waals surface area contributed by atoms with Crippen molar-refractivity contribution in [3.05, 3.63) is 0 Å². The average Bonchev–Trinajstić information content (AvgIpc) is 2.30. The van der Waals surface area contributed by atoms with Gasteiger partial charge in [0.1, 0.15) is 0 Å². The molecule has 0 amide bonds. The molecule has 0 heterocycles. The van der Waals surface area contributed by atoms with Gasteiger partial charge in [0.15, 0.2) is 0 Å². The van der Waals surface area contributed by atoms with Gasteiger partial charge in [0, 0.05) is 0 Å². The zero-order chi connectivity index (χ0) is 8.43. The number of carbonyl (C=O) groups is 1. The topological polar surface area (TPSA) is 46.5 Å². The van der Waals surface area contributed by atoms with Gasteiger partial charge in [-0.1, -0.05) is 6.92 Å². The third-order valence-electron chi connectivity index (χ3n) is 2.42. The lowest BCUT2D eigenvalue weighted by Gasteiger charge is -2.15. The lowest BCUT2D eigenvalue weighted by atomic mass is 9.97. The summed E-state index contributed by atoms with van der Waals surface area (Å²) in [6.45, 7) is 1.97. The second-order valence-electron chi connectivity index (χ2n) is 3.17. The van der Waals surface area contributed by atoms with Crippen molar-refractivity contribution < 1.29 is 14.6 Å². The van der Waals surface area contributed by atoms with E-state index in [1.165, 1.54) is 7.11 Å². The summed E-state index contributed by atoms with van der Waals surface area (Å²) in [4.78, 5) is 11.1. The Bertz CT molecular complexity index is 145. The van der Waals surface area contributed by atoms with E-state index in [-0.39, 0.29) is 17.8 Å². The van der Waals surface area contributed by atoms with Gasteiger partial charge in [0.05, 0.1) is 19.1 Å². The highest BCUT2D eigenvalue weighted by molar-refractivity contribution is 5.73. The number of hydrogen-bond donors (Lipinski definition) is 1. The van der Waals surface area contributed by atoms with Crippen LogP contribution in [-0.4, -0.2) is 24.3 Å². The minimum Gasteiger partial charge on any atom is -0.469 e. The number of aliphatic hydroxyl groups is 1. The van der Waals surface area contributed by atoms with Gasteiger partial charge < -0.3 is 9.84 Å². The van der Waals surface area contributed by atoms with Crippen molar-refractivity contribution in [3.8, 4) is 0 Å². The maximum absolute atomic E-state index is 11.1. The summed E-state index contributed by atoms with van der Waals surface area (Å²) in [5.74, 6) is -0.306. The van der Waals surface area contributed by atoms with Crippen molar-refractivity contribution in [2.45, 2.75) is 25.9 Å². The first-order valence-electron chi connectivity index (χ1n) is 3.92. The van der Waals surface area contributed by atoms with Crippen LogP contribution < -0.4 is 0 Å². The van der Waals surface area contributed by atoms with Gasteiger partial charge in [-0.05, 0) is 18.8 Å². The predicted octanol–water partition coefficient (Wildman–Crippen LogP) is 0.566. The fourth-order valence-corrected chi connectivity index (χ4v) is 1.70. The monoisotopic (exact) mass is 158 g/mol. The van der Waals surface area contributed by atoms with Crippen molar-refractivity contribution in [1.82, 2.24) is 0 Å². The molecule has 1 fully saturated rings. The molecule has 0 aromatic rings. The number of hydrogen-bond acceptors (Lipinski definition) is 3. The van der Waals surface area contributed by atoms with E-state index in [9.17, 15) is 9.90 Å². The molecule has 11 heavy (non-hydrogen) atoms. The van der Waals surface area contributed by atoms with Gasteiger partial charge >= 0.3 is 5.97 Å². The molecular formula is C8H14O3. The fourth-order valence-electron chi connectivity index (χ4n) is 1.70. The SMILES string of the molecule is COC(=O)[C@H]1[C@H](C)CC[C@H]1O. The molecule has 1 N–H and O–H groups in total. The number of rotatable bonds is 1. The smallest absolute Gasteiger partial charge is 0.311 e. The van der Waals surface area contributed by atoms with Crippen LogP contribution in [0.4, 0.5) is 0 Å². The first kappa shape index (κ1) is 8.53. The summed E-state index contributed by atoms with van der Waals surface area (Å²) in [7, 11) is 1.36. The number of aliphatic hydroxyl groups excluding tert-OH is 1. The van der Waals surface area contributed by atoms with E-state index < -0.39 is 6.10 Å². The Hall–Kier alpha value is -0.570. The molecule has 0 aromatic carbocycles. The number of esters is 1. The van der Waals surface area contributed by atoms with Gasteiger partial charge in [0.25, 0.3) is 0 Å². The van der Waals surface area contributed by atoms with Crippen LogP contribution in [0.1, 0.15) is 19.8 Å². The fraction of sp³-hybridized carbons (Fsp3) is 0.875. The van der Waals surface area contributed by atoms with Crippen molar-refractivity contribution >= 4 is 5.97 Å². The van der Waals surface area contributed by atoms with Crippen LogP contribution in [0.25, 0.3) is 0 Å². The van der Waals surface area contributed by atoms with Crippen LogP contribution in [-0.2, 0) is 9.53 Å². The lowest BCUT2D eigenvalue weighted by molar-refractivity contribution is -0.149. The van der Waals surface area contributed by atoms with Gasteiger partial charge in [-0.3, -0.25) is 4.79 Å². The van der Waals surface area contributed by atoms with E-state index in [1.54, 1.807) is 0 Å². The molecule has 1 aliphatic carbocycles. The molecule has 1 aliphatic rings. The van der Waals surface area contributed by atoms with Gasteiger partial charge in [-0.25, -0.2) is 0 Å². The molecule has 1 saturated carbocycles. The zero-order valence-corrected chi connectivity index (χ0v) is 6.91. The van der Waals surface area contributed by atoms with Crippen LogP contribution in [0.2, 0.25) is 0 Å². The van der Waals surface area contributed by atoms with Crippen molar-refractivity contribution in [2.24, 2.45) is 11.8 Å². The van der Waals surface area contributed by atoms with Crippen molar-refractivity contribution in [2.75, 3.05) is 7.11 Å². The Morgan fingerprint density at radius 2 is 2.18 bits per heavy atom. The molecule has 0 radical (unpaired) electrons. The molecule has 1 rings (SSSR count). The van der Waals surface area contributed by atoms with E-state index in [0.29, 0.717) is 0 Å². The van der Waals surface area contributed by atoms with E-state index in [2.05, 4.69) is 4.74 Å². The highest BCUT2D eigenvalue weighted by atomic mass is 16.5. The quantitative estimate of drug-likeness (QED) is 0.567. The number of methoxy groups -OCH3 is 1. The molecule has 0 bridgehead atoms. The Morgan fingerprint density at radius 3 is 2.55 bits per heavy atom. The third kappa shape index (κ3) is 1.53. The molecule has 3 atom stereocenters. The minimum atomic E-state index is -0.488. The van der Waals surface area contributed by atoms with Crippen LogP contribution in [0.5, 0.6) is 0 Å². The van der Waals surface area contributed by atoms with E-state index >= 15 is 0 Å². The Labute approximate surface area is 66.4 Å².